The largest absolute Gasteiger partial charge is 0.508 e. The van der Waals surface area contributed by atoms with E-state index in [1.54, 1.807) is 0 Å². The van der Waals surface area contributed by atoms with Crippen molar-refractivity contribution in [1.82, 2.24) is 73.0 Å². The molecule has 0 radical (unpaired) electrons. The number of carbonyl (C=O) groups excluding carboxylic acids is 12. The van der Waals surface area contributed by atoms with Crippen molar-refractivity contribution < 1.29 is 81.3 Å². The number of halogens is 2. The summed E-state index contributed by atoms with van der Waals surface area (Å²) in [5.74, 6) is -13.7. The Bertz CT molecular complexity index is 3600. The van der Waals surface area contributed by atoms with Crippen molar-refractivity contribution in [1.29, 1.82) is 0 Å². The van der Waals surface area contributed by atoms with Crippen LogP contribution in [0.2, 0.25) is 0 Å². The van der Waals surface area contributed by atoms with Gasteiger partial charge in [-0.05, 0) is 156 Å². The molecular formula is C67H90F2N16O15. The number of nitrogens with zero attached hydrogens (tertiary/aromatic N) is 2. The van der Waals surface area contributed by atoms with Gasteiger partial charge in [0.1, 0.15) is 72.1 Å². The summed E-state index contributed by atoms with van der Waals surface area (Å²) in [6, 6.07) is -4.36. The number of aromatic amines is 2. The Morgan fingerprint density at radius 2 is 1.38 bits per heavy atom. The lowest BCUT2D eigenvalue weighted by Gasteiger charge is -2.33. The van der Waals surface area contributed by atoms with Crippen LogP contribution in [0.25, 0.3) is 10.9 Å². The maximum absolute atomic E-state index is 15.2. The van der Waals surface area contributed by atoms with E-state index < -0.39 is 163 Å². The summed E-state index contributed by atoms with van der Waals surface area (Å²) in [4.78, 5) is 194. The fourth-order valence-corrected chi connectivity index (χ4v) is 13.8. The van der Waals surface area contributed by atoms with Crippen molar-refractivity contribution in [2.45, 2.75) is 189 Å². The van der Waals surface area contributed by atoms with E-state index in [1.165, 1.54) is 66.1 Å². The van der Waals surface area contributed by atoms with Crippen LogP contribution in [0.3, 0.4) is 0 Å². The molecule has 0 spiro atoms. The van der Waals surface area contributed by atoms with E-state index in [0.717, 1.165) is 6.92 Å². The summed E-state index contributed by atoms with van der Waals surface area (Å²) < 4.78 is 30.1. The van der Waals surface area contributed by atoms with Gasteiger partial charge in [0, 0.05) is 74.7 Å². The number of nitrogens with one attached hydrogen (secondary N) is 12. The summed E-state index contributed by atoms with van der Waals surface area (Å²) in [5, 5.41) is 46.6. The lowest BCUT2D eigenvalue weighted by Crippen LogP contribution is -2.61. The molecule has 2 saturated heterocycles. The van der Waals surface area contributed by atoms with Gasteiger partial charge < -0.3 is 89.7 Å². The smallest absolute Gasteiger partial charge is 0.305 e. The number of phenolic OH excluding ortho intramolecular Hbond substituents is 1. The van der Waals surface area contributed by atoms with Crippen LogP contribution < -0.4 is 64.6 Å². The van der Waals surface area contributed by atoms with Gasteiger partial charge in [-0.15, -0.1) is 0 Å². The van der Waals surface area contributed by atoms with E-state index >= 15 is 14.0 Å². The number of carboxylic acids is 1. The van der Waals surface area contributed by atoms with Crippen LogP contribution in [-0.4, -0.2) is 194 Å². The lowest BCUT2D eigenvalue weighted by molar-refractivity contribution is -0.143. The number of unbranched alkanes of at least 4 members (excludes halogenated alkanes) is 1. The molecule has 2 aliphatic carbocycles. The van der Waals surface area contributed by atoms with Crippen LogP contribution in [0, 0.1) is 23.6 Å². The Kier molecular flexibility index (Phi) is 27.3. The molecule has 13 atom stereocenters. The normalized spacial score (nSPS) is 27.2. The Balaban J connectivity index is 1.15. The first-order chi connectivity index (χ1) is 47.8. The number of rotatable bonds is 16. The minimum atomic E-state index is -2.04. The van der Waals surface area contributed by atoms with Crippen molar-refractivity contribution in [3.05, 3.63) is 83.8 Å². The summed E-state index contributed by atoms with van der Waals surface area (Å²) >= 11 is 0. The highest BCUT2D eigenvalue weighted by molar-refractivity contribution is 6.00. The summed E-state index contributed by atoms with van der Waals surface area (Å²) in [7, 11) is 0. The molecule has 0 bridgehead atoms. The number of hydrogen-bond acceptors (Lipinski definition) is 16. The van der Waals surface area contributed by atoms with E-state index in [2.05, 4.69) is 68.1 Å². The third kappa shape index (κ3) is 21.7. The average molecular weight is 1400 g/mol. The molecule has 4 aliphatic rings. The molecule has 2 aromatic carbocycles. The summed E-state index contributed by atoms with van der Waals surface area (Å²) in [6.07, 6.45) is 3.43. The second-order valence-corrected chi connectivity index (χ2v) is 26.2. The fraction of sp³-hybridized carbons (Fsp3) is 0.552. The predicted molar refractivity (Wildman–Crippen MR) is 354 cm³/mol. The number of aliphatic carboxylic acids is 1. The Morgan fingerprint density at radius 3 is 2.08 bits per heavy atom. The number of hydrogen-bond donors (Lipinski definition) is 16. The maximum atomic E-state index is 15.2. The number of aromatic hydroxyl groups is 1. The van der Waals surface area contributed by atoms with Crippen LogP contribution in [0.4, 0.5) is 8.78 Å². The molecule has 2 aliphatic heterocycles. The SMILES string of the molecule is CC(=O)N[C@H]1CCC(=O)NCCC[C@@H](C(N)=O)NC(=O)[C@@H]2CCCN2C(=O)[C@H](Cc2ccc(O)cc2)NC(=O)[C@H](Cc2cnc[nH]2)NC(=O)[C@H](CC(=O)O)NC(=O)[C@H](Cc2c[nH]c3ccc(F)cc23)NC(=O)[C@H](CC2CCC3CCC(F)CC32)NC(=O)CNC(=O)[C@H](CCCCN)NC1=O. The first-order valence-electron chi connectivity index (χ1n) is 33.9. The van der Waals surface area contributed by atoms with E-state index in [9.17, 15) is 67.3 Å². The summed E-state index contributed by atoms with van der Waals surface area (Å²) in [5.41, 5.74) is 12.9. The first-order valence-corrected chi connectivity index (χ1v) is 33.9. The highest BCUT2D eigenvalue weighted by Crippen LogP contribution is 2.48. The zero-order chi connectivity index (χ0) is 72.2. The number of phenols is 1. The van der Waals surface area contributed by atoms with E-state index in [1.807, 2.05) is 0 Å². The highest BCUT2D eigenvalue weighted by atomic mass is 19.1. The summed E-state index contributed by atoms with van der Waals surface area (Å²) in [6.45, 7) is 0.494. The molecular weight excluding hydrogens is 1310 g/mol. The number of carbonyl (C=O) groups is 13. The van der Waals surface area contributed by atoms with Crippen LogP contribution in [0.5, 0.6) is 5.75 Å². The van der Waals surface area contributed by atoms with Crippen LogP contribution in [0.1, 0.15) is 126 Å². The maximum Gasteiger partial charge on any atom is 0.305 e. The third-order valence-electron chi connectivity index (χ3n) is 18.9. The molecule has 12 amide bonds. The van der Waals surface area contributed by atoms with Gasteiger partial charge >= 0.3 is 5.97 Å². The lowest BCUT2D eigenvalue weighted by atomic mass is 9.75. The quantitative estimate of drug-likeness (QED) is 0.0605. The number of H-pyrrole nitrogens is 2. The van der Waals surface area contributed by atoms with Crippen LogP contribution >= 0.6 is 0 Å². The molecule has 4 fully saturated rings. The van der Waals surface area contributed by atoms with Gasteiger partial charge in [0.15, 0.2) is 0 Å². The van der Waals surface area contributed by atoms with Crippen molar-refractivity contribution in [2.24, 2.45) is 29.2 Å². The van der Waals surface area contributed by atoms with E-state index in [0.29, 0.717) is 49.6 Å². The second kappa shape index (κ2) is 36.1. The van der Waals surface area contributed by atoms with Gasteiger partial charge in [-0.2, -0.15) is 0 Å². The molecule has 8 rings (SSSR count). The molecule has 18 N–H and O–H groups in total. The minimum absolute atomic E-state index is 0.0105. The number of primary amides is 1. The second-order valence-electron chi connectivity index (χ2n) is 26.2. The van der Waals surface area contributed by atoms with E-state index in [-0.39, 0.29) is 130 Å². The standard InChI is InChI=1S/C67H90F2N16O15/c1-35(86)77-49-19-20-56(88)73-22-4-7-47(59(71)92)79-66(99)55-8-5-23-85(55)67(100)54(24-36-9-16-43(87)17-10-36)84-64(97)52(29-42-32-72-34-76-42)82-65(98)53(30-58(90)91)83-63(96)51(26-39-31-74-46-18-15-41(69)28-45(39)46)81-62(95)50(25-38-12-11-37-13-14-40(68)27-44(37)38)78-57(89)33-75-60(93)48(80-61(49)94)6-2-3-21-70/h9-10,15-18,28,31-32,34,37-38,40,44,47-55,74,87H,2-8,11-14,19-27,29-30,33,70H2,1H3,(H2,71,92)(H,72,76)(H,73,88)(H,75,93)(H,77,86)(H,78,89)(H,79,99)(H,80,94)(H,81,95)(H,82,98)(H,83,96)(H,84,97)(H,90,91)/t37?,38?,40?,44?,47-,48-,49-,50-,51-,52-,53-,54-,55-/m0/s1. The molecule has 2 aromatic heterocycles. The van der Waals surface area contributed by atoms with Crippen LogP contribution in [-0.2, 0) is 81.6 Å². The average Bonchev–Trinajstić information content (AvgIpc) is 1.63. The Labute approximate surface area is 574 Å². The molecule has 2 saturated carbocycles. The van der Waals surface area contributed by atoms with Crippen molar-refractivity contribution in [3.8, 4) is 5.75 Å². The molecule has 4 aromatic rings. The topological polar surface area (TPSA) is 482 Å². The number of fused-ring (bicyclic) bond motifs is 3. The number of alkyl halides is 1. The Morgan fingerprint density at radius 1 is 0.690 bits per heavy atom. The van der Waals surface area contributed by atoms with Crippen molar-refractivity contribution in [3.63, 3.8) is 0 Å². The minimum Gasteiger partial charge on any atom is -0.508 e. The fourth-order valence-electron chi connectivity index (χ4n) is 13.8. The number of carboxylic acid groups (broad SMARTS) is 1. The zero-order valence-electron chi connectivity index (χ0n) is 55.5. The monoisotopic (exact) mass is 1400 g/mol. The third-order valence-corrected chi connectivity index (χ3v) is 18.9. The molecule has 4 unspecified atom stereocenters. The Hall–Kier alpha value is -10.1. The van der Waals surface area contributed by atoms with Gasteiger partial charge in [-0.25, -0.2) is 13.8 Å². The van der Waals surface area contributed by atoms with Gasteiger partial charge in [0.05, 0.1) is 19.3 Å². The number of benzene rings is 2. The number of amides is 12. The highest BCUT2D eigenvalue weighted by Gasteiger charge is 2.44. The van der Waals surface area contributed by atoms with Crippen molar-refractivity contribution >= 4 is 87.8 Å². The van der Waals surface area contributed by atoms with Gasteiger partial charge in [-0.3, -0.25) is 62.3 Å². The first kappa shape index (κ1) is 75.7. The molecule has 100 heavy (non-hydrogen) atoms. The van der Waals surface area contributed by atoms with Crippen LogP contribution in [0.15, 0.2) is 61.2 Å². The van der Waals surface area contributed by atoms with Gasteiger partial charge in [0.25, 0.3) is 0 Å². The van der Waals surface area contributed by atoms with Crippen molar-refractivity contribution in [2.75, 3.05) is 26.2 Å². The number of nitrogens with two attached hydrogens (primary N) is 2. The predicted octanol–water partition coefficient (Wildman–Crippen LogP) is -0.897. The molecule has 31 nitrogen and oxygen atoms in total. The van der Waals surface area contributed by atoms with Gasteiger partial charge in [0.2, 0.25) is 70.9 Å². The molecule has 542 valence electrons. The number of imidazole rings is 1. The molecule has 4 heterocycles. The van der Waals surface area contributed by atoms with E-state index in [4.69, 9.17) is 11.5 Å². The molecule has 33 heteroatoms. The van der Waals surface area contributed by atoms with Gasteiger partial charge in [-0.1, -0.05) is 12.1 Å². The zero-order valence-corrected chi connectivity index (χ0v) is 55.5. The number of aromatic nitrogens is 3.